The number of nitrogens with two attached hydrogens (primary N) is 1. The molecule has 0 spiro atoms. The molecule has 4 heterocycles. The SMILES string of the molecule is CN1CC[C@@](O)(C#Cc2ccnc(C3c4cn(C(N)=O)nc4CCN3C(=O)O)c2)C1=O. The number of carboxylic acid groups (broad SMARTS) is 1. The highest BCUT2D eigenvalue weighted by atomic mass is 16.4. The van der Waals surface area contributed by atoms with E-state index in [-0.39, 0.29) is 13.0 Å². The van der Waals surface area contributed by atoms with Crippen molar-refractivity contribution in [3.05, 3.63) is 47.0 Å². The molecule has 4 rings (SSSR count). The monoisotopic (exact) mass is 424 g/mol. The average Bonchev–Trinajstić information content (AvgIpc) is 3.29. The van der Waals surface area contributed by atoms with Crippen LogP contribution < -0.4 is 5.73 Å². The van der Waals surface area contributed by atoms with Crippen molar-refractivity contribution in [2.75, 3.05) is 20.1 Å². The Balaban J connectivity index is 1.73. The third kappa shape index (κ3) is 3.57. The number of aromatic nitrogens is 3. The molecule has 11 nitrogen and oxygen atoms in total. The van der Waals surface area contributed by atoms with Crippen LogP contribution in [0.25, 0.3) is 0 Å². The fraction of sp³-hybridized carbons (Fsp3) is 0.350. The van der Waals surface area contributed by atoms with Crippen molar-refractivity contribution in [2.45, 2.75) is 24.5 Å². The van der Waals surface area contributed by atoms with E-state index >= 15 is 0 Å². The molecule has 11 heteroatoms. The summed E-state index contributed by atoms with van der Waals surface area (Å²) in [7, 11) is 1.60. The first kappa shape index (κ1) is 20.4. The predicted molar refractivity (Wildman–Crippen MR) is 106 cm³/mol. The molecular weight excluding hydrogens is 404 g/mol. The number of pyridine rings is 1. The molecular formula is C20H20N6O5. The second-order valence-electron chi connectivity index (χ2n) is 7.50. The molecule has 0 saturated carbocycles. The van der Waals surface area contributed by atoms with Crippen LogP contribution in [0.4, 0.5) is 9.59 Å². The number of amides is 3. The smallest absolute Gasteiger partial charge is 0.408 e. The maximum absolute atomic E-state index is 12.1. The number of nitrogens with zero attached hydrogens (tertiary/aromatic N) is 5. The molecule has 2 aliphatic rings. The summed E-state index contributed by atoms with van der Waals surface area (Å²) in [5.74, 6) is 4.98. The standard InChI is InChI=1S/C20H20N6O5/c1-24-9-6-20(31,17(24)27)5-2-12-3-7-22-15(10-12)16-13-11-26(18(21)28)23-14(13)4-8-25(16)19(29)30/h3,7,10-11,16,31H,4,6,8-9H2,1H3,(H2,21,28)(H,29,30)/t16?,20-/m0/s1. The van der Waals surface area contributed by atoms with Gasteiger partial charge in [-0.3, -0.25) is 14.7 Å². The molecule has 2 atom stereocenters. The minimum atomic E-state index is -1.74. The summed E-state index contributed by atoms with van der Waals surface area (Å²) in [5.41, 5.74) is 5.47. The second-order valence-corrected chi connectivity index (χ2v) is 7.50. The Morgan fingerprint density at radius 3 is 2.77 bits per heavy atom. The van der Waals surface area contributed by atoms with Gasteiger partial charge in [-0.1, -0.05) is 11.8 Å². The molecule has 3 amide bonds. The Bertz CT molecular complexity index is 1150. The van der Waals surface area contributed by atoms with E-state index in [0.717, 1.165) is 4.68 Å². The van der Waals surface area contributed by atoms with Crippen molar-refractivity contribution in [1.82, 2.24) is 24.6 Å². The van der Waals surface area contributed by atoms with Crippen molar-refractivity contribution in [3.8, 4) is 11.8 Å². The van der Waals surface area contributed by atoms with Crippen LogP contribution in [0.15, 0.2) is 24.5 Å². The third-order valence-corrected chi connectivity index (χ3v) is 5.47. The van der Waals surface area contributed by atoms with Crippen molar-refractivity contribution in [1.29, 1.82) is 0 Å². The van der Waals surface area contributed by atoms with Crippen molar-refractivity contribution in [2.24, 2.45) is 5.73 Å². The van der Waals surface area contributed by atoms with Crippen LogP contribution in [0.3, 0.4) is 0 Å². The Hall–Kier alpha value is -3.91. The summed E-state index contributed by atoms with van der Waals surface area (Å²) in [6.45, 7) is 0.578. The fourth-order valence-electron chi connectivity index (χ4n) is 3.83. The lowest BCUT2D eigenvalue weighted by molar-refractivity contribution is -0.137. The maximum Gasteiger partial charge on any atom is 0.408 e. The molecule has 4 N–H and O–H groups in total. The van der Waals surface area contributed by atoms with Gasteiger partial charge in [0.05, 0.1) is 11.4 Å². The number of likely N-dealkylation sites (tertiary alicyclic amines) is 1. The van der Waals surface area contributed by atoms with E-state index < -0.39 is 29.7 Å². The van der Waals surface area contributed by atoms with Crippen LogP contribution >= 0.6 is 0 Å². The summed E-state index contributed by atoms with van der Waals surface area (Å²) in [4.78, 5) is 42.4. The number of fused-ring (bicyclic) bond motifs is 1. The highest BCUT2D eigenvalue weighted by Gasteiger charge is 2.42. The van der Waals surface area contributed by atoms with Gasteiger partial charge in [0, 0.05) is 56.5 Å². The topological polar surface area (TPSA) is 155 Å². The molecule has 2 aliphatic heterocycles. The highest BCUT2D eigenvalue weighted by molar-refractivity contribution is 5.90. The van der Waals surface area contributed by atoms with E-state index in [1.807, 2.05) is 0 Å². The van der Waals surface area contributed by atoms with Gasteiger partial charge in [0.1, 0.15) is 6.04 Å². The number of likely N-dealkylation sites (N-methyl/N-ethyl adjacent to an activating group) is 1. The number of carbonyl (C=O) groups is 3. The Kier molecular flexibility index (Phi) is 4.87. The molecule has 31 heavy (non-hydrogen) atoms. The normalized spacial score (nSPS) is 22.6. The van der Waals surface area contributed by atoms with Crippen LogP contribution in [0, 0.1) is 11.8 Å². The number of carbonyl (C=O) groups excluding carboxylic acids is 2. The van der Waals surface area contributed by atoms with E-state index in [1.165, 1.54) is 22.2 Å². The van der Waals surface area contributed by atoms with E-state index in [1.54, 1.807) is 19.2 Å². The second kappa shape index (κ2) is 7.41. The average molecular weight is 424 g/mol. The predicted octanol–water partition coefficient (Wildman–Crippen LogP) is -0.225. The van der Waals surface area contributed by atoms with Gasteiger partial charge in [-0.2, -0.15) is 9.78 Å². The first-order chi connectivity index (χ1) is 14.7. The zero-order chi connectivity index (χ0) is 22.3. The number of hydrogen-bond acceptors (Lipinski definition) is 6. The molecule has 0 bridgehead atoms. The van der Waals surface area contributed by atoms with Crippen LogP contribution in [-0.2, 0) is 11.2 Å². The van der Waals surface area contributed by atoms with Crippen molar-refractivity contribution >= 4 is 18.0 Å². The summed E-state index contributed by atoms with van der Waals surface area (Å²) >= 11 is 0. The lowest BCUT2D eigenvalue weighted by Gasteiger charge is -2.32. The molecule has 0 radical (unpaired) electrons. The van der Waals surface area contributed by atoms with Gasteiger partial charge in [0.15, 0.2) is 0 Å². The fourth-order valence-corrected chi connectivity index (χ4v) is 3.83. The van der Waals surface area contributed by atoms with Gasteiger partial charge < -0.3 is 20.8 Å². The van der Waals surface area contributed by atoms with Crippen LogP contribution in [0.2, 0.25) is 0 Å². The van der Waals surface area contributed by atoms with Crippen molar-refractivity contribution < 1.29 is 24.6 Å². The molecule has 0 aromatic carbocycles. The molecule has 1 fully saturated rings. The van der Waals surface area contributed by atoms with Crippen LogP contribution in [-0.4, -0.2) is 78.5 Å². The van der Waals surface area contributed by atoms with Gasteiger partial charge >= 0.3 is 12.1 Å². The summed E-state index contributed by atoms with van der Waals surface area (Å²) in [6.07, 6.45) is 2.28. The lowest BCUT2D eigenvalue weighted by atomic mass is 9.95. The first-order valence-corrected chi connectivity index (χ1v) is 9.54. The van der Waals surface area contributed by atoms with E-state index in [9.17, 15) is 24.6 Å². The largest absolute Gasteiger partial charge is 0.465 e. The molecule has 2 aromatic heterocycles. The third-order valence-electron chi connectivity index (χ3n) is 5.47. The van der Waals surface area contributed by atoms with Gasteiger partial charge in [0.2, 0.25) is 5.60 Å². The van der Waals surface area contributed by atoms with Gasteiger partial charge in [-0.05, 0) is 12.1 Å². The number of hydrogen-bond donors (Lipinski definition) is 3. The van der Waals surface area contributed by atoms with Crippen LogP contribution in [0.5, 0.6) is 0 Å². The minimum absolute atomic E-state index is 0.168. The van der Waals surface area contributed by atoms with E-state index in [0.29, 0.717) is 35.5 Å². The summed E-state index contributed by atoms with van der Waals surface area (Å²) < 4.78 is 0.977. The van der Waals surface area contributed by atoms with Gasteiger partial charge in [0.25, 0.3) is 5.91 Å². The van der Waals surface area contributed by atoms with Crippen LogP contribution in [0.1, 0.15) is 35.0 Å². The zero-order valence-electron chi connectivity index (χ0n) is 16.6. The minimum Gasteiger partial charge on any atom is -0.465 e. The Morgan fingerprint density at radius 2 is 2.13 bits per heavy atom. The van der Waals surface area contributed by atoms with Gasteiger partial charge in [-0.15, -0.1) is 0 Å². The molecule has 0 aliphatic carbocycles. The molecule has 160 valence electrons. The Morgan fingerprint density at radius 1 is 1.35 bits per heavy atom. The van der Waals surface area contributed by atoms with E-state index in [4.69, 9.17) is 5.73 Å². The number of primary amides is 1. The van der Waals surface area contributed by atoms with E-state index in [2.05, 4.69) is 21.9 Å². The zero-order valence-corrected chi connectivity index (χ0v) is 16.6. The first-order valence-electron chi connectivity index (χ1n) is 9.54. The highest BCUT2D eigenvalue weighted by Crippen LogP contribution is 2.34. The van der Waals surface area contributed by atoms with Gasteiger partial charge in [-0.25, -0.2) is 9.59 Å². The lowest BCUT2D eigenvalue weighted by Crippen LogP contribution is -2.39. The number of rotatable bonds is 1. The summed E-state index contributed by atoms with van der Waals surface area (Å²) in [6, 6.07) is 1.61. The molecule has 1 saturated heterocycles. The molecule has 1 unspecified atom stereocenters. The quantitative estimate of drug-likeness (QED) is 0.534. The van der Waals surface area contributed by atoms with Crippen molar-refractivity contribution in [3.63, 3.8) is 0 Å². The number of aliphatic hydroxyl groups is 1. The molecule has 2 aromatic rings. The maximum atomic E-state index is 12.1. The Labute approximate surface area is 177 Å². The summed E-state index contributed by atoms with van der Waals surface area (Å²) in [5, 5.41) is 24.3.